The SMILES string of the molecule is CC(C)(C)S(=O)(=O)CCC(CNC1CC1)c1ccccc1. The lowest BCUT2D eigenvalue weighted by atomic mass is 9.96. The Balaban J connectivity index is 2.02. The standard InChI is InChI=1S/C17H27NO2S/c1-17(2,3)21(19,20)12-11-15(13-18-16-9-10-16)14-7-5-4-6-8-14/h4-8,15-16,18H,9-13H2,1-3H3. The Labute approximate surface area is 129 Å². The number of hydrogen-bond acceptors (Lipinski definition) is 3. The Kier molecular flexibility index (Phi) is 5.10. The van der Waals surface area contributed by atoms with E-state index < -0.39 is 14.6 Å². The summed E-state index contributed by atoms with van der Waals surface area (Å²) in [6.07, 6.45) is 3.19. The molecule has 1 atom stereocenters. The maximum atomic E-state index is 12.3. The predicted octanol–water partition coefficient (Wildman–Crippen LogP) is 3.13. The highest BCUT2D eigenvalue weighted by molar-refractivity contribution is 7.92. The zero-order valence-corrected chi connectivity index (χ0v) is 14.1. The van der Waals surface area contributed by atoms with Crippen molar-refractivity contribution < 1.29 is 8.42 Å². The molecule has 0 aliphatic heterocycles. The maximum absolute atomic E-state index is 12.3. The molecule has 21 heavy (non-hydrogen) atoms. The molecular formula is C17H27NO2S. The van der Waals surface area contributed by atoms with E-state index in [0.717, 1.165) is 6.54 Å². The Hall–Kier alpha value is -0.870. The first-order chi connectivity index (χ1) is 9.79. The van der Waals surface area contributed by atoms with E-state index in [4.69, 9.17) is 0 Å². The van der Waals surface area contributed by atoms with Crippen molar-refractivity contribution in [2.75, 3.05) is 12.3 Å². The van der Waals surface area contributed by atoms with E-state index in [1.54, 1.807) is 20.8 Å². The Morgan fingerprint density at radius 3 is 2.33 bits per heavy atom. The van der Waals surface area contributed by atoms with E-state index in [1.807, 2.05) is 18.2 Å². The molecule has 118 valence electrons. The lowest BCUT2D eigenvalue weighted by Crippen LogP contribution is -2.32. The van der Waals surface area contributed by atoms with Gasteiger partial charge in [0.2, 0.25) is 0 Å². The van der Waals surface area contributed by atoms with Crippen LogP contribution in [-0.4, -0.2) is 31.5 Å². The molecule has 0 bridgehead atoms. The second-order valence-corrected chi connectivity index (χ2v) is 9.87. The molecule has 3 nitrogen and oxygen atoms in total. The Morgan fingerprint density at radius 1 is 1.19 bits per heavy atom. The molecule has 1 saturated carbocycles. The van der Waals surface area contributed by atoms with Gasteiger partial charge in [-0.25, -0.2) is 8.42 Å². The fourth-order valence-corrected chi connectivity index (χ4v) is 3.52. The fourth-order valence-electron chi connectivity index (χ4n) is 2.31. The molecule has 0 amide bonds. The van der Waals surface area contributed by atoms with Gasteiger partial charge < -0.3 is 5.32 Å². The average Bonchev–Trinajstić information content (AvgIpc) is 3.22. The van der Waals surface area contributed by atoms with Crippen LogP contribution in [0.25, 0.3) is 0 Å². The smallest absolute Gasteiger partial charge is 0.155 e. The highest BCUT2D eigenvalue weighted by Crippen LogP contribution is 2.25. The number of nitrogens with one attached hydrogen (secondary N) is 1. The minimum atomic E-state index is -3.05. The minimum absolute atomic E-state index is 0.252. The van der Waals surface area contributed by atoms with Crippen molar-refractivity contribution in [1.29, 1.82) is 0 Å². The Morgan fingerprint density at radius 2 is 1.81 bits per heavy atom. The Bertz CT molecular complexity index is 542. The second kappa shape index (κ2) is 6.49. The zero-order valence-electron chi connectivity index (χ0n) is 13.3. The molecule has 0 radical (unpaired) electrons. The quantitative estimate of drug-likeness (QED) is 0.842. The molecule has 0 heterocycles. The van der Waals surface area contributed by atoms with Crippen LogP contribution in [0.4, 0.5) is 0 Å². The highest BCUT2D eigenvalue weighted by Gasteiger charge is 2.30. The van der Waals surface area contributed by atoms with Gasteiger partial charge in [-0.2, -0.15) is 0 Å². The van der Waals surface area contributed by atoms with Crippen molar-refractivity contribution in [3.63, 3.8) is 0 Å². The van der Waals surface area contributed by atoms with Gasteiger partial charge in [0.15, 0.2) is 9.84 Å². The summed E-state index contributed by atoms with van der Waals surface area (Å²) >= 11 is 0. The van der Waals surface area contributed by atoms with Crippen LogP contribution in [0.5, 0.6) is 0 Å². The van der Waals surface area contributed by atoms with Gasteiger partial charge in [-0.15, -0.1) is 0 Å². The number of sulfone groups is 1. The van der Waals surface area contributed by atoms with E-state index in [-0.39, 0.29) is 11.7 Å². The van der Waals surface area contributed by atoms with Crippen LogP contribution in [0.2, 0.25) is 0 Å². The molecule has 1 N–H and O–H groups in total. The fraction of sp³-hybridized carbons (Fsp3) is 0.647. The van der Waals surface area contributed by atoms with Gasteiger partial charge >= 0.3 is 0 Å². The molecule has 1 aromatic rings. The molecule has 1 fully saturated rings. The van der Waals surface area contributed by atoms with E-state index in [9.17, 15) is 8.42 Å². The molecule has 1 aliphatic carbocycles. The second-order valence-electron chi connectivity index (χ2n) is 7.01. The van der Waals surface area contributed by atoms with Crippen LogP contribution in [0.3, 0.4) is 0 Å². The van der Waals surface area contributed by atoms with Crippen LogP contribution in [0.1, 0.15) is 51.5 Å². The van der Waals surface area contributed by atoms with Gasteiger partial charge in [0.05, 0.1) is 10.5 Å². The zero-order chi connectivity index (χ0) is 15.5. The molecule has 1 unspecified atom stereocenters. The maximum Gasteiger partial charge on any atom is 0.155 e. The largest absolute Gasteiger partial charge is 0.313 e. The van der Waals surface area contributed by atoms with Crippen LogP contribution in [0, 0.1) is 0 Å². The summed E-state index contributed by atoms with van der Waals surface area (Å²) < 4.78 is 24.0. The van der Waals surface area contributed by atoms with Crippen molar-refractivity contribution in [3.05, 3.63) is 35.9 Å². The highest BCUT2D eigenvalue weighted by atomic mass is 32.2. The lowest BCUT2D eigenvalue weighted by molar-refractivity contribution is 0.537. The normalized spacial score (nSPS) is 17.7. The number of hydrogen-bond donors (Lipinski definition) is 1. The summed E-state index contributed by atoms with van der Waals surface area (Å²) in [4.78, 5) is 0. The average molecular weight is 309 g/mol. The molecule has 4 heteroatoms. The van der Waals surface area contributed by atoms with Gasteiger partial charge in [-0.05, 0) is 51.5 Å². The summed E-state index contributed by atoms with van der Waals surface area (Å²) in [5.41, 5.74) is 1.23. The van der Waals surface area contributed by atoms with Gasteiger partial charge in [-0.1, -0.05) is 30.3 Å². The molecule has 1 aliphatic rings. The van der Waals surface area contributed by atoms with E-state index in [0.29, 0.717) is 12.5 Å². The first-order valence-electron chi connectivity index (χ1n) is 7.80. The molecule has 0 aromatic heterocycles. The molecule has 2 rings (SSSR count). The van der Waals surface area contributed by atoms with Gasteiger partial charge in [-0.3, -0.25) is 0 Å². The lowest BCUT2D eigenvalue weighted by Gasteiger charge is -2.23. The minimum Gasteiger partial charge on any atom is -0.313 e. The topological polar surface area (TPSA) is 46.2 Å². The third-order valence-corrected chi connectivity index (χ3v) is 6.81. The summed E-state index contributed by atoms with van der Waals surface area (Å²) in [6.45, 7) is 6.21. The molecule has 0 saturated heterocycles. The van der Waals surface area contributed by atoms with E-state index >= 15 is 0 Å². The van der Waals surface area contributed by atoms with Crippen LogP contribution >= 0.6 is 0 Å². The van der Waals surface area contributed by atoms with Crippen molar-refractivity contribution in [2.45, 2.75) is 56.7 Å². The summed E-state index contributed by atoms with van der Waals surface area (Å²) in [6, 6.07) is 10.9. The molecule has 1 aromatic carbocycles. The van der Waals surface area contributed by atoms with Crippen molar-refractivity contribution in [1.82, 2.24) is 5.32 Å². The van der Waals surface area contributed by atoms with Crippen molar-refractivity contribution in [3.8, 4) is 0 Å². The monoisotopic (exact) mass is 309 g/mol. The molecular weight excluding hydrogens is 282 g/mol. The number of benzene rings is 1. The predicted molar refractivity (Wildman–Crippen MR) is 88.4 cm³/mol. The van der Waals surface area contributed by atoms with Gasteiger partial charge in [0.1, 0.15) is 0 Å². The van der Waals surface area contributed by atoms with Crippen LogP contribution in [-0.2, 0) is 9.84 Å². The first-order valence-corrected chi connectivity index (χ1v) is 9.45. The van der Waals surface area contributed by atoms with Crippen molar-refractivity contribution in [2.24, 2.45) is 0 Å². The van der Waals surface area contributed by atoms with Crippen molar-refractivity contribution >= 4 is 9.84 Å². The third kappa shape index (κ3) is 4.82. The van der Waals surface area contributed by atoms with Crippen LogP contribution < -0.4 is 5.32 Å². The first kappa shape index (κ1) is 16.5. The van der Waals surface area contributed by atoms with Crippen LogP contribution in [0.15, 0.2) is 30.3 Å². The number of rotatable bonds is 7. The van der Waals surface area contributed by atoms with Gasteiger partial charge in [0, 0.05) is 12.6 Å². The van der Waals surface area contributed by atoms with E-state index in [2.05, 4.69) is 17.4 Å². The third-order valence-electron chi connectivity index (χ3n) is 4.17. The van der Waals surface area contributed by atoms with E-state index in [1.165, 1.54) is 18.4 Å². The summed E-state index contributed by atoms with van der Waals surface area (Å²) in [7, 11) is -3.05. The van der Waals surface area contributed by atoms with Gasteiger partial charge in [0.25, 0.3) is 0 Å². The summed E-state index contributed by atoms with van der Waals surface area (Å²) in [5.74, 6) is 0.520. The summed E-state index contributed by atoms with van der Waals surface area (Å²) in [5, 5.41) is 3.54. The molecule has 0 spiro atoms.